The van der Waals surface area contributed by atoms with Crippen LogP contribution >= 0.6 is 0 Å². The van der Waals surface area contributed by atoms with Gasteiger partial charge in [-0.15, -0.1) is 0 Å². The predicted octanol–water partition coefficient (Wildman–Crippen LogP) is 2.76. The average molecular weight is 235 g/mol. The number of rotatable bonds is 6. The largest absolute Gasteiger partial charge is 0.389 e. The van der Waals surface area contributed by atoms with Gasteiger partial charge in [0.1, 0.15) is 0 Å². The molecule has 17 heavy (non-hydrogen) atoms. The topological polar surface area (TPSA) is 32.3 Å². The molecule has 0 saturated carbocycles. The van der Waals surface area contributed by atoms with E-state index in [0.29, 0.717) is 6.04 Å². The van der Waals surface area contributed by atoms with Crippen LogP contribution in [-0.2, 0) is 6.42 Å². The summed E-state index contributed by atoms with van der Waals surface area (Å²) < 4.78 is 0. The van der Waals surface area contributed by atoms with E-state index < -0.39 is 5.60 Å². The summed E-state index contributed by atoms with van der Waals surface area (Å²) in [6.45, 7) is 7.88. The fourth-order valence-electron chi connectivity index (χ4n) is 1.74. The molecule has 2 heteroatoms. The maximum absolute atomic E-state index is 9.86. The van der Waals surface area contributed by atoms with Crippen molar-refractivity contribution >= 4 is 0 Å². The summed E-state index contributed by atoms with van der Waals surface area (Å²) in [5, 5.41) is 13.3. The van der Waals surface area contributed by atoms with Crippen molar-refractivity contribution in [2.75, 3.05) is 0 Å². The molecular formula is C15H25NO. The van der Waals surface area contributed by atoms with Gasteiger partial charge in [-0.2, -0.15) is 0 Å². The van der Waals surface area contributed by atoms with Crippen molar-refractivity contribution < 1.29 is 5.11 Å². The Morgan fingerprint density at radius 1 is 1.18 bits per heavy atom. The van der Waals surface area contributed by atoms with E-state index in [1.54, 1.807) is 0 Å². The van der Waals surface area contributed by atoms with Crippen molar-refractivity contribution in [2.24, 2.45) is 0 Å². The maximum atomic E-state index is 9.86. The van der Waals surface area contributed by atoms with Crippen molar-refractivity contribution in [3.8, 4) is 0 Å². The maximum Gasteiger partial charge on any atom is 0.0741 e. The van der Waals surface area contributed by atoms with E-state index in [9.17, 15) is 5.11 Å². The monoisotopic (exact) mass is 235 g/mol. The summed E-state index contributed by atoms with van der Waals surface area (Å²) in [5.74, 6) is 0. The van der Waals surface area contributed by atoms with Gasteiger partial charge in [0.05, 0.1) is 5.60 Å². The third-order valence-electron chi connectivity index (χ3n) is 3.30. The van der Waals surface area contributed by atoms with E-state index in [1.165, 1.54) is 5.56 Å². The van der Waals surface area contributed by atoms with Gasteiger partial charge < -0.3 is 10.4 Å². The van der Waals surface area contributed by atoms with Crippen LogP contribution in [0.15, 0.2) is 30.3 Å². The first kappa shape index (κ1) is 14.2. The fourth-order valence-corrected chi connectivity index (χ4v) is 1.74. The molecule has 2 nitrogen and oxygen atoms in total. The highest BCUT2D eigenvalue weighted by molar-refractivity contribution is 5.14. The van der Waals surface area contributed by atoms with Gasteiger partial charge in [0, 0.05) is 12.1 Å². The van der Waals surface area contributed by atoms with Gasteiger partial charge >= 0.3 is 0 Å². The second-order valence-corrected chi connectivity index (χ2v) is 5.47. The molecule has 0 aliphatic rings. The Morgan fingerprint density at radius 3 is 2.29 bits per heavy atom. The van der Waals surface area contributed by atoms with Crippen LogP contribution < -0.4 is 5.32 Å². The summed E-state index contributed by atoms with van der Waals surface area (Å²) in [5.41, 5.74) is 0.707. The first-order chi connectivity index (χ1) is 7.89. The average Bonchev–Trinajstić information content (AvgIpc) is 2.26. The normalized spacial score (nSPS) is 15.6. The summed E-state index contributed by atoms with van der Waals surface area (Å²) in [7, 11) is 0. The van der Waals surface area contributed by atoms with Crippen LogP contribution in [0.4, 0.5) is 0 Å². The molecule has 0 amide bonds. The number of hydrogen-bond acceptors (Lipinski definition) is 2. The van der Waals surface area contributed by atoms with Crippen LogP contribution in [0.1, 0.15) is 39.7 Å². The van der Waals surface area contributed by atoms with Gasteiger partial charge in [-0.3, -0.25) is 0 Å². The summed E-state index contributed by atoms with van der Waals surface area (Å²) in [6.07, 6.45) is 2.16. The first-order valence-electron chi connectivity index (χ1n) is 6.42. The Bertz CT molecular complexity index is 315. The SMILES string of the molecule is CC(CCc1ccccc1)NC(C)C(C)(C)O. The van der Waals surface area contributed by atoms with Crippen molar-refractivity contribution in [3.05, 3.63) is 35.9 Å². The standard InChI is InChI=1S/C15H25NO/c1-12(16-13(2)15(3,4)17)10-11-14-8-6-5-7-9-14/h5-9,12-13,16-17H,10-11H2,1-4H3. The number of aliphatic hydroxyl groups is 1. The van der Waals surface area contributed by atoms with Crippen molar-refractivity contribution in [3.63, 3.8) is 0 Å². The zero-order valence-corrected chi connectivity index (χ0v) is 11.4. The molecule has 0 aliphatic heterocycles. The Hall–Kier alpha value is -0.860. The molecule has 0 aliphatic carbocycles. The van der Waals surface area contributed by atoms with Crippen molar-refractivity contribution in [1.29, 1.82) is 0 Å². The summed E-state index contributed by atoms with van der Waals surface area (Å²) in [4.78, 5) is 0. The fraction of sp³-hybridized carbons (Fsp3) is 0.600. The first-order valence-corrected chi connectivity index (χ1v) is 6.42. The Morgan fingerprint density at radius 2 is 1.76 bits per heavy atom. The zero-order chi connectivity index (χ0) is 12.9. The predicted molar refractivity (Wildman–Crippen MR) is 73.1 cm³/mol. The molecule has 96 valence electrons. The third-order valence-corrected chi connectivity index (χ3v) is 3.30. The van der Waals surface area contributed by atoms with Gasteiger partial charge in [0.2, 0.25) is 0 Å². The van der Waals surface area contributed by atoms with Gasteiger partial charge in [-0.1, -0.05) is 30.3 Å². The van der Waals surface area contributed by atoms with Crippen molar-refractivity contribution in [2.45, 2.75) is 58.2 Å². The molecule has 1 aromatic carbocycles. The lowest BCUT2D eigenvalue weighted by atomic mass is 9.98. The molecule has 0 aromatic heterocycles. The lowest BCUT2D eigenvalue weighted by Crippen LogP contribution is -2.48. The van der Waals surface area contributed by atoms with Crippen LogP contribution in [0.25, 0.3) is 0 Å². The number of benzene rings is 1. The Kier molecular flexibility index (Phi) is 5.16. The molecule has 0 heterocycles. The van der Waals surface area contributed by atoms with E-state index >= 15 is 0 Å². The highest BCUT2D eigenvalue weighted by Gasteiger charge is 2.23. The Labute approximate surface area is 105 Å². The highest BCUT2D eigenvalue weighted by atomic mass is 16.3. The van der Waals surface area contributed by atoms with E-state index in [0.717, 1.165) is 12.8 Å². The molecule has 2 N–H and O–H groups in total. The molecule has 0 bridgehead atoms. The molecule has 1 aromatic rings. The van der Waals surface area contributed by atoms with E-state index in [1.807, 2.05) is 26.8 Å². The zero-order valence-electron chi connectivity index (χ0n) is 11.4. The third kappa shape index (κ3) is 5.33. The molecule has 2 atom stereocenters. The van der Waals surface area contributed by atoms with E-state index in [2.05, 4.69) is 36.5 Å². The molecular weight excluding hydrogens is 210 g/mol. The highest BCUT2D eigenvalue weighted by Crippen LogP contribution is 2.10. The van der Waals surface area contributed by atoms with Crippen LogP contribution in [-0.4, -0.2) is 22.8 Å². The lowest BCUT2D eigenvalue weighted by Gasteiger charge is -2.29. The molecule has 1 rings (SSSR count). The van der Waals surface area contributed by atoms with Crippen LogP contribution in [0, 0.1) is 0 Å². The van der Waals surface area contributed by atoms with Crippen LogP contribution in [0.5, 0.6) is 0 Å². The van der Waals surface area contributed by atoms with Gasteiger partial charge in [-0.25, -0.2) is 0 Å². The van der Waals surface area contributed by atoms with Gasteiger partial charge in [0.15, 0.2) is 0 Å². The van der Waals surface area contributed by atoms with Gasteiger partial charge in [-0.05, 0) is 46.1 Å². The number of nitrogens with one attached hydrogen (secondary N) is 1. The second kappa shape index (κ2) is 6.18. The molecule has 0 saturated heterocycles. The Balaban J connectivity index is 2.33. The molecule has 2 unspecified atom stereocenters. The van der Waals surface area contributed by atoms with Crippen molar-refractivity contribution in [1.82, 2.24) is 5.32 Å². The minimum absolute atomic E-state index is 0.105. The molecule has 0 spiro atoms. The van der Waals surface area contributed by atoms with E-state index in [4.69, 9.17) is 0 Å². The molecule has 0 fully saturated rings. The number of hydrogen-bond donors (Lipinski definition) is 2. The minimum atomic E-state index is -0.666. The smallest absolute Gasteiger partial charge is 0.0741 e. The summed E-state index contributed by atoms with van der Waals surface area (Å²) in [6, 6.07) is 11.0. The second-order valence-electron chi connectivity index (χ2n) is 5.47. The van der Waals surface area contributed by atoms with Crippen LogP contribution in [0.2, 0.25) is 0 Å². The molecule has 0 radical (unpaired) electrons. The summed E-state index contributed by atoms with van der Waals surface area (Å²) >= 11 is 0. The van der Waals surface area contributed by atoms with Crippen LogP contribution in [0.3, 0.4) is 0 Å². The van der Waals surface area contributed by atoms with E-state index in [-0.39, 0.29) is 6.04 Å². The van der Waals surface area contributed by atoms with Gasteiger partial charge in [0.25, 0.3) is 0 Å². The lowest BCUT2D eigenvalue weighted by molar-refractivity contribution is 0.0402. The minimum Gasteiger partial charge on any atom is -0.389 e. The number of aryl methyl sites for hydroxylation is 1. The quantitative estimate of drug-likeness (QED) is 0.794.